The van der Waals surface area contributed by atoms with E-state index in [1.54, 1.807) is 25.1 Å². The number of hydrogen-bond donors (Lipinski definition) is 3. The van der Waals surface area contributed by atoms with E-state index in [4.69, 9.17) is 5.11 Å². The van der Waals surface area contributed by atoms with Crippen LogP contribution in [0.15, 0.2) is 65.6 Å². The minimum atomic E-state index is -1.19. The Bertz CT molecular complexity index is 880. The van der Waals surface area contributed by atoms with Crippen molar-refractivity contribution in [3.63, 3.8) is 0 Å². The van der Waals surface area contributed by atoms with Crippen molar-refractivity contribution in [2.24, 2.45) is 0 Å². The van der Waals surface area contributed by atoms with Crippen LogP contribution in [0.2, 0.25) is 0 Å². The summed E-state index contributed by atoms with van der Waals surface area (Å²) >= 11 is 1.36. The quantitative estimate of drug-likeness (QED) is 0.500. The lowest BCUT2D eigenvalue weighted by atomic mass is 10.2. The highest BCUT2D eigenvalue weighted by Gasteiger charge is 2.15. The van der Waals surface area contributed by atoms with Gasteiger partial charge in [0, 0.05) is 28.4 Å². The molecule has 2 aromatic carbocycles. The highest BCUT2D eigenvalue weighted by molar-refractivity contribution is 8.00. The Balaban J connectivity index is 1.97. The zero-order valence-electron chi connectivity index (χ0n) is 14.9. The SMILES string of the molecule is Cc1cccc(NC(=O)C(C)Sc2cccc(NC(=O)/C=C/C(=O)O)c2)c1. The highest BCUT2D eigenvalue weighted by atomic mass is 32.2. The number of hydrogen-bond acceptors (Lipinski definition) is 4. The zero-order valence-corrected chi connectivity index (χ0v) is 15.7. The van der Waals surface area contributed by atoms with Crippen molar-refractivity contribution in [2.45, 2.75) is 24.0 Å². The molecule has 0 aliphatic rings. The van der Waals surface area contributed by atoms with Crippen molar-refractivity contribution in [3.05, 3.63) is 66.2 Å². The van der Waals surface area contributed by atoms with Crippen molar-refractivity contribution in [2.75, 3.05) is 10.6 Å². The number of aliphatic carboxylic acids is 1. The first-order valence-corrected chi connectivity index (χ1v) is 9.07. The number of thioether (sulfide) groups is 1. The van der Waals surface area contributed by atoms with Crippen LogP contribution in [0, 0.1) is 6.92 Å². The standard InChI is InChI=1S/C20H20N2O4S/c1-13-5-3-6-15(11-13)22-20(26)14(2)27-17-8-4-7-16(12-17)21-18(23)9-10-19(24)25/h3-12,14H,1-2H3,(H,21,23)(H,22,26)(H,24,25)/b10-9+. The second-order valence-corrected chi connectivity index (χ2v) is 7.22. The predicted molar refractivity (Wildman–Crippen MR) is 107 cm³/mol. The van der Waals surface area contributed by atoms with Gasteiger partial charge in [0.2, 0.25) is 11.8 Å². The van der Waals surface area contributed by atoms with Crippen molar-refractivity contribution >= 4 is 40.9 Å². The van der Waals surface area contributed by atoms with E-state index in [0.29, 0.717) is 5.69 Å². The van der Waals surface area contributed by atoms with Crippen LogP contribution < -0.4 is 10.6 Å². The number of carbonyl (C=O) groups is 3. The van der Waals surface area contributed by atoms with Gasteiger partial charge >= 0.3 is 5.97 Å². The van der Waals surface area contributed by atoms with Crippen LogP contribution >= 0.6 is 11.8 Å². The molecule has 0 saturated carbocycles. The second-order valence-electron chi connectivity index (χ2n) is 5.81. The van der Waals surface area contributed by atoms with Crippen LogP contribution in [-0.2, 0) is 14.4 Å². The number of anilines is 2. The van der Waals surface area contributed by atoms with E-state index in [1.807, 2.05) is 37.3 Å². The van der Waals surface area contributed by atoms with Crippen LogP contribution in [-0.4, -0.2) is 28.1 Å². The molecule has 0 spiro atoms. The molecule has 6 nitrogen and oxygen atoms in total. The van der Waals surface area contributed by atoms with E-state index < -0.39 is 11.9 Å². The molecule has 0 fully saturated rings. The van der Waals surface area contributed by atoms with Gasteiger partial charge in [0.1, 0.15) is 0 Å². The maximum Gasteiger partial charge on any atom is 0.328 e. The molecule has 27 heavy (non-hydrogen) atoms. The molecule has 2 rings (SSSR count). The summed E-state index contributed by atoms with van der Waals surface area (Å²) in [6.45, 7) is 3.76. The van der Waals surface area contributed by atoms with Crippen LogP contribution in [0.1, 0.15) is 12.5 Å². The average Bonchev–Trinajstić information content (AvgIpc) is 2.60. The monoisotopic (exact) mass is 384 g/mol. The van der Waals surface area contributed by atoms with Gasteiger partial charge in [-0.25, -0.2) is 4.79 Å². The van der Waals surface area contributed by atoms with E-state index in [0.717, 1.165) is 28.3 Å². The number of carbonyl (C=O) groups excluding carboxylic acids is 2. The first-order chi connectivity index (χ1) is 12.8. The molecule has 2 aromatic rings. The molecule has 7 heteroatoms. The maximum atomic E-state index is 12.4. The van der Waals surface area contributed by atoms with E-state index in [-0.39, 0.29) is 11.2 Å². The third kappa shape index (κ3) is 6.99. The van der Waals surface area contributed by atoms with Gasteiger partial charge in [-0.2, -0.15) is 0 Å². The summed E-state index contributed by atoms with van der Waals surface area (Å²) in [5, 5.41) is 13.7. The summed E-state index contributed by atoms with van der Waals surface area (Å²) < 4.78 is 0. The van der Waals surface area contributed by atoms with Crippen LogP contribution in [0.25, 0.3) is 0 Å². The lowest BCUT2D eigenvalue weighted by molar-refractivity contribution is -0.131. The molecule has 0 aromatic heterocycles. The summed E-state index contributed by atoms with van der Waals surface area (Å²) in [5.41, 5.74) is 2.33. The van der Waals surface area contributed by atoms with Crippen molar-refractivity contribution in [1.29, 1.82) is 0 Å². The zero-order chi connectivity index (χ0) is 19.8. The Morgan fingerprint density at radius 3 is 2.33 bits per heavy atom. The molecule has 1 unspecified atom stereocenters. The lowest BCUT2D eigenvalue weighted by Gasteiger charge is -2.13. The molecule has 140 valence electrons. The third-order valence-electron chi connectivity index (χ3n) is 3.45. The Hall–Kier alpha value is -3.06. The van der Waals surface area contributed by atoms with Gasteiger partial charge in [0.15, 0.2) is 0 Å². The molecule has 1 atom stereocenters. The van der Waals surface area contributed by atoms with Crippen LogP contribution in [0.3, 0.4) is 0 Å². The Kier molecular flexibility index (Phi) is 7.19. The van der Waals surface area contributed by atoms with Gasteiger partial charge in [-0.05, 0) is 49.7 Å². The summed E-state index contributed by atoms with van der Waals surface area (Å²) in [6.07, 6.45) is 1.71. The molecule has 0 aliphatic heterocycles. The van der Waals surface area contributed by atoms with Crippen molar-refractivity contribution < 1.29 is 19.5 Å². The molecule has 0 saturated heterocycles. The fraction of sp³-hybridized carbons (Fsp3) is 0.150. The molecule has 0 radical (unpaired) electrons. The smallest absolute Gasteiger partial charge is 0.328 e. The number of benzene rings is 2. The van der Waals surface area contributed by atoms with Gasteiger partial charge in [0.25, 0.3) is 0 Å². The van der Waals surface area contributed by atoms with Crippen LogP contribution in [0.5, 0.6) is 0 Å². The molecule has 2 amide bonds. The molecular formula is C20H20N2O4S. The Labute approximate surface area is 161 Å². The number of rotatable bonds is 7. The first kappa shape index (κ1) is 20.3. The summed E-state index contributed by atoms with van der Waals surface area (Å²) in [4.78, 5) is 35.3. The van der Waals surface area contributed by atoms with E-state index >= 15 is 0 Å². The number of carboxylic acids is 1. The van der Waals surface area contributed by atoms with Gasteiger partial charge < -0.3 is 15.7 Å². The minimum absolute atomic E-state index is 0.121. The lowest BCUT2D eigenvalue weighted by Crippen LogP contribution is -2.22. The van der Waals surface area contributed by atoms with Gasteiger partial charge in [-0.3, -0.25) is 9.59 Å². The largest absolute Gasteiger partial charge is 0.478 e. The molecule has 0 aliphatic carbocycles. The fourth-order valence-corrected chi connectivity index (χ4v) is 3.13. The predicted octanol–water partition coefficient (Wildman–Crippen LogP) is 3.69. The summed E-state index contributed by atoms with van der Waals surface area (Å²) in [5.74, 6) is -1.85. The Morgan fingerprint density at radius 1 is 1.00 bits per heavy atom. The molecule has 3 N–H and O–H groups in total. The van der Waals surface area contributed by atoms with Crippen molar-refractivity contribution in [1.82, 2.24) is 0 Å². The van der Waals surface area contributed by atoms with Crippen molar-refractivity contribution in [3.8, 4) is 0 Å². The van der Waals surface area contributed by atoms with E-state index in [9.17, 15) is 14.4 Å². The van der Waals surface area contributed by atoms with Crippen LogP contribution in [0.4, 0.5) is 11.4 Å². The second kappa shape index (κ2) is 9.59. The maximum absolute atomic E-state index is 12.4. The number of carboxylic acid groups (broad SMARTS) is 1. The fourth-order valence-electron chi connectivity index (χ4n) is 2.20. The normalized spacial score (nSPS) is 11.8. The topological polar surface area (TPSA) is 95.5 Å². The van der Waals surface area contributed by atoms with Gasteiger partial charge in [0.05, 0.1) is 5.25 Å². The van der Waals surface area contributed by atoms with E-state index in [1.165, 1.54) is 11.8 Å². The number of amides is 2. The Morgan fingerprint density at radius 2 is 1.67 bits per heavy atom. The first-order valence-electron chi connectivity index (χ1n) is 8.20. The molecule has 0 bridgehead atoms. The summed E-state index contributed by atoms with van der Waals surface area (Å²) in [7, 11) is 0. The highest BCUT2D eigenvalue weighted by Crippen LogP contribution is 2.26. The number of aryl methyl sites for hydroxylation is 1. The minimum Gasteiger partial charge on any atom is -0.478 e. The molecular weight excluding hydrogens is 364 g/mol. The summed E-state index contributed by atoms with van der Waals surface area (Å²) in [6, 6.07) is 14.6. The van der Waals surface area contributed by atoms with Gasteiger partial charge in [-0.15, -0.1) is 11.8 Å². The average molecular weight is 384 g/mol. The third-order valence-corrected chi connectivity index (χ3v) is 4.54. The number of nitrogens with one attached hydrogen (secondary N) is 2. The molecule has 0 heterocycles. The van der Waals surface area contributed by atoms with Gasteiger partial charge in [-0.1, -0.05) is 18.2 Å². The van der Waals surface area contributed by atoms with E-state index in [2.05, 4.69) is 10.6 Å².